The highest BCUT2D eigenvalue weighted by Gasteiger charge is 2.28. The number of anilines is 1. The van der Waals surface area contributed by atoms with Crippen LogP contribution < -0.4 is 5.32 Å². The Bertz CT molecular complexity index is 422. The summed E-state index contributed by atoms with van der Waals surface area (Å²) in [7, 11) is 1.70. The molecule has 1 aliphatic carbocycles. The molecule has 0 spiro atoms. The highest BCUT2D eigenvalue weighted by Crippen LogP contribution is 2.26. The number of nitrogens with one attached hydrogen (secondary N) is 1. The molecule has 0 atom stereocenters. The molecule has 1 aromatic rings. The molecule has 4 heteroatoms. The fourth-order valence-corrected chi connectivity index (χ4v) is 1.81. The molecule has 1 fully saturated rings. The summed E-state index contributed by atoms with van der Waals surface area (Å²) in [6.07, 6.45) is 2.21. The van der Waals surface area contributed by atoms with Gasteiger partial charge in [0.15, 0.2) is 0 Å². The second-order valence-corrected chi connectivity index (χ2v) is 3.98. The molecule has 84 valence electrons. The third kappa shape index (κ3) is 2.15. The smallest absolute Gasteiger partial charge is 0.143 e. The number of nitrogens with zero attached hydrogens (tertiary/aromatic N) is 1. The van der Waals surface area contributed by atoms with Crippen LogP contribution >= 0.6 is 0 Å². The summed E-state index contributed by atoms with van der Waals surface area (Å²) in [5.41, 5.74) is 0.796. The Labute approximate surface area is 93.8 Å². The van der Waals surface area contributed by atoms with E-state index in [-0.39, 0.29) is 5.56 Å². The van der Waals surface area contributed by atoms with E-state index in [0.717, 1.165) is 18.5 Å². The average Bonchev–Trinajstić information content (AvgIpc) is 2.23. The zero-order valence-corrected chi connectivity index (χ0v) is 9.03. The molecule has 1 aromatic carbocycles. The fourth-order valence-electron chi connectivity index (χ4n) is 1.81. The predicted molar refractivity (Wildman–Crippen MR) is 58.6 cm³/mol. The van der Waals surface area contributed by atoms with Crippen molar-refractivity contribution < 1.29 is 9.13 Å². The molecule has 3 nitrogen and oxygen atoms in total. The van der Waals surface area contributed by atoms with Gasteiger partial charge in [0.25, 0.3) is 0 Å². The lowest BCUT2D eigenvalue weighted by molar-refractivity contribution is 0.0329. The van der Waals surface area contributed by atoms with Crippen molar-refractivity contribution in [1.82, 2.24) is 0 Å². The lowest BCUT2D eigenvalue weighted by Crippen LogP contribution is -2.40. The molecule has 16 heavy (non-hydrogen) atoms. The Kier molecular flexibility index (Phi) is 3.07. The van der Waals surface area contributed by atoms with Gasteiger partial charge in [-0.15, -0.1) is 0 Å². The summed E-state index contributed by atoms with van der Waals surface area (Å²) in [6, 6.07) is 6.72. The summed E-state index contributed by atoms with van der Waals surface area (Å²) in [5.74, 6) is -0.477. The molecule has 0 bridgehead atoms. The molecule has 1 aliphatic rings. The number of hydrogen-bond acceptors (Lipinski definition) is 3. The van der Waals surface area contributed by atoms with Gasteiger partial charge in [0, 0.05) is 18.8 Å². The summed E-state index contributed by atoms with van der Waals surface area (Å²) >= 11 is 0. The van der Waals surface area contributed by atoms with Gasteiger partial charge in [-0.3, -0.25) is 0 Å². The SMILES string of the molecule is COC1CC(Nc2ccc(C#N)c(F)c2)C1. The number of benzene rings is 1. The van der Waals surface area contributed by atoms with Crippen molar-refractivity contribution in [2.75, 3.05) is 12.4 Å². The van der Waals surface area contributed by atoms with Crippen LogP contribution in [-0.4, -0.2) is 19.3 Å². The predicted octanol–water partition coefficient (Wildman–Crippen LogP) is 2.29. The highest BCUT2D eigenvalue weighted by molar-refractivity contribution is 5.49. The van der Waals surface area contributed by atoms with Crippen LogP contribution in [0.5, 0.6) is 0 Å². The van der Waals surface area contributed by atoms with E-state index in [4.69, 9.17) is 10.00 Å². The van der Waals surface area contributed by atoms with Crippen LogP contribution in [0.1, 0.15) is 18.4 Å². The number of ether oxygens (including phenoxy) is 1. The summed E-state index contributed by atoms with van der Waals surface area (Å²) in [4.78, 5) is 0. The highest BCUT2D eigenvalue weighted by atomic mass is 19.1. The number of methoxy groups -OCH3 is 1. The third-order valence-corrected chi connectivity index (χ3v) is 2.89. The van der Waals surface area contributed by atoms with E-state index >= 15 is 0 Å². The largest absolute Gasteiger partial charge is 0.382 e. The first-order valence-electron chi connectivity index (χ1n) is 5.22. The van der Waals surface area contributed by atoms with Crippen LogP contribution in [0.15, 0.2) is 18.2 Å². The van der Waals surface area contributed by atoms with E-state index in [0.29, 0.717) is 12.1 Å². The molecule has 0 heterocycles. The van der Waals surface area contributed by atoms with E-state index in [2.05, 4.69) is 5.32 Å². The Morgan fingerprint density at radius 1 is 1.50 bits per heavy atom. The van der Waals surface area contributed by atoms with Crippen LogP contribution in [0.3, 0.4) is 0 Å². The van der Waals surface area contributed by atoms with E-state index in [1.165, 1.54) is 12.1 Å². The lowest BCUT2D eigenvalue weighted by Gasteiger charge is -2.35. The molecule has 0 unspecified atom stereocenters. The molecule has 1 saturated carbocycles. The van der Waals surface area contributed by atoms with Crippen LogP contribution in [0.25, 0.3) is 0 Å². The summed E-state index contributed by atoms with van der Waals surface area (Å²) in [6.45, 7) is 0. The monoisotopic (exact) mass is 220 g/mol. The fraction of sp³-hybridized carbons (Fsp3) is 0.417. The maximum absolute atomic E-state index is 13.3. The molecule has 0 saturated heterocycles. The van der Waals surface area contributed by atoms with Crippen molar-refractivity contribution in [3.63, 3.8) is 0 Å². The summed E-state index contributed by atoms with van der Waals surface area (Å²) < 4.78 is 18.4. The number of nitriles is 1. The van der Waals surface area contributed by atoms with Crippen LogP contribution in [0.4, 0.5) is 10.1 Å². The van der Waals surface area contributed by atoms with Crippen molar-refractivity contribution in [2.45, 2.75) is 25.0 Å². The van der Waals surface area contributed by atoms with Crippen LogP contribution in [0, 0.1) is 17.1 Å². The lowest BCUT2D eigenvalue weighted by atomic mass is 9.89. The molecule has 0 radical (unpaired) electrons. The minimum atomic E-state index is -0.477. The summed E-state index contributed by atoms with van der Waals surface area (Å²) in [5, 5.41) is 11.8. The Morgan fingerprint density at radius 3 is 2.81 bits per heavy atom. The average molecular weight is 220 g/mol. The van der Waals surface area contributed by atoms with E-state index in [1.807, 2.05) is 0 Å². The number of halogens is 1. The quantitative estimate of drug-likeness (QED) is 0.850. The second kappa shape index (κ2) is 4.50. The second-order valence-electron chi connectivity index (χ2n) is 3.98. The Morgan fingerprint density at radius 2 is 2.25 bits per heavy atom. The molecular weight excluding hydrogens is 207 g/mol. The minimum Gasteiger partial charge on any atom is -0.382 e. The molecule has 2 rings (SSSR count). The van der Waals surface area contributed by atoms with Gasteiger partial charge < -0.3 is 10.1 Å². The molecular formula is C12H13FN2O. The minimum absolute atomic E-state index is 0.0777. The van der Waals surface area contributed by atoms with Crippen molar-refractivity contribution in [2.24, 2.45) is 0 Å². The zero-order valence-electron chi connectivity index (χ0n) is 9.03. The Hall–Kier alpha value is -1.60. The van der Waals surface area contributed by atoms with Gasteiger partial charge in [-0.1, -0.05) is 0 Å². The standard InChI is InChI=1S/C12H13FN2O/c1-16-11-4-10(5-11)15-9-3-2-8(7-14)12(13)6-9/h2-3,6,10-11,15H,4-5H2,1H3. The van der Waals surface area contributed by atoms with Crippen molar-refractivity contribution in [1.29, 1.82) is 5.26 Å². The topological polar surface area (TPSA) is 45.0 Å². The molecule has 0 amide bonds. The van der Waals surface area contributed by atoms with Crippen LogP contribution in [-0.2, 0) is 4.74 Å². The normalized spacial score (nSPS) is 23.3. The molecule has 1 N–H and O–H groups in total. The Balaban J connectivity index is 1.96. The van der Waals surface area contributed by atoms with Crippen molar-refractivity contribution in [3.05, 3.63) is 29.6 Å². The van der Waals surface area contributed by atoms with Gasteiger partial charge >= 0.3 is 0 Å². The van der Waals surface area contributed by atoms with Gasteiger partial charge in [-0.25, -0.2) is 4.39 Å². The van der Waals surface area contributed by atoms with Gasteiger partial charge in [0.1, 0.15) is 11.9 Å². The first kappa shape index (κ1) is 10.9. The number of rotatable bonds is 3. The van der Waals surface area contributed by atoms with E-state index < -0.39 is 5.82 Å². The first-order valence-corrected chi connectivity index (χ1v) is 5.22. The van der Waals surface area contributed by atoms with Crippen molar-refractivity contribution >= 4 is 5.69 Å². The van der Waals surface area contributed by atoms with E-state index in [9.17, 15) is 4.39 Å². The van der Waals surface area contributed by atoms with Crippen molar-refractivity contribution in [3.8, 4) is 6.07 Å². The van der Waals surface area contributed by atoms with Gasteiger partial charge in [0.05, 0.1) is 11.7 Å². The van der Waals surface area contributed by atoms with Gasteiger partial charge in [0.2, 0.25) is 0 Å². The molecule has 0 aliphatic heterocycles. The van der Waals surface area contributed by atoms with Gasteiger partial charge in [-0.05, 0) is 31.0 Å². The van der Waals surface area contributed by atoms with Gasteiger partial charge in [-0.2, -0.15) is 5.26 Å². The van der Waals surface area contributed by atoms with E-state index in [1.54, 1.807) is 19.2 Å². The zero-order chi connectivity index (χ0) is 11.5. The maximum Gasteiger partial charge on any atom is 0.143 e. The number of hydrogen-bond donors (Lipinski definition) is 1. The third-order valence-electron chi connectivity index (χ3n) is 2.89. The first-order chi connectivity index (χ1) is 7.72. The van der Waals surface area contributed by atoms with Crippen LogP contribution in [0.2, 0.25) is 0 Å². The maximum atomic E-state index is 13.3. The molecule has 0 aromatic heterocycles.